The Morgan fingerprint density at radius 1 is 1.33 bits per heavy atom. The summed E-state index contributed by atoms with van der Waals surface area (Å²) >= 11 is 0. The average Bonchev–Trinajstić information content (AvgIpc) is 1.52. The van der Waals surface area contributed by atoms with E-state index in [1.807, 2.05) is 21.1 Å². The Bertz CT molecular complexity index is 157. The number of carbonyl (C=O) groups is 1. The highest BCUT2D eigenvalue weighted by atomic mass is 16.9. The second-order valence-electron chi connectivity index (χ2n) is 3.37. The summed E-state index contributed by atoms with van der Waals surface area (Å²) in [7, 11) is 6.00. The first-order chi connectivity index (χ1) is 5.15. The summed E-state index contributed by atoms with van der Waals surface area (Å²) in [5.74, 6) is 0.248. The Morgan fingerprint density at radius 2 is 1.58 bits per heavy atom. The zero-order valence-electron chi connectivity index (χ0n) is 7.73. The summed E-state index contributed by atoms with van der Waals surface area (Å²) in [5.41, 5.74) is 0. The van der Waals surface area contributed by atoms with Gasteiger partial charge in [-0.1, -0.05) is 0 Å². The van der Waals surface area contributed by atoms with E-state index >= 15 is 0 Å². The summed E-state index contributed by atoms with van der Waals surface area (Å²) in [6.45, 7) is 2.24. The van der Waals surface area contributed by atoms with Gasteiger partial charge in [-0.2, -0.15) is 0 Å². The lowest BCUT2D eigenvalue weighted by molar-refractivity contribution is -0.862. The molecule has 0 aliphatic carbocycles. The first kappa shape index (κ1) is 13.4. The van der Waals surface area contributed by atoms with Crippen LogP contribution in [0.15, 0.2) is 0 Å². The standard InChI is InChI=1S/C6H14NO.NO3/c1-6(8)5-7(2,3)4;2-1(3)4/h5H2,1-4H3;/q+1;-1. The fourth-order valence-electron chi connectivity index (χ4n) is 0.668. The van der Waals surface area contributed by atoms with Gasteiger partial charge in [0.1, 0.15) is 6.54 Å². The van der Waals surface area contributed by atoms with Crippen LogP contribution in [0.5, 0.6) is 0 Å². The monoisotopic (exact) mass is 178 g/mol. The predicted molar refractivity (Wildman–Crippen MR) is 43.9 cm³/mol. The van der Waals surface area contributed by atoms with E-state index in [0.717, 1.165) is 4.48 Å². The van der Waals surface area contributed by atoms with Crippen LogP contribution in [0, 0.1) is 15.3 Å². The van der Waals surface area contributed by atoms with Gasteiger partial charge in [0.25, 0.3) is 0 Å². The molecule has 0 fully saturated rings. The predicted octanol–water partition coefficient (Wildman–Crippen LogP) is 0.0425. The molecule has 0 spiro atoms. The molecule has 0 amide bonds. The van der Waals surface area contributed by atoms with Gasteiger partial charge in [-0.05, 0) is 0 Å². The van der Waals surface area contributed by atoms with Gasteiger partial charge in [0.2, 0.25) is 0 Å². The van der Waals surface area contributed by atoms with Gasteiger partial charge in [-0.15, -0.1) is 0 Å². The van der Waals surface area contributed by atoms with Crippen LogP contribution in [0.25, 0.3) is 0 Å². The zero-order valence-corrected chi connectivity index (χ0v) is 7.73. The number of likely N-dealkylation sites (N-methyl/N-ethyl adjacent to an activating group) is 1. The van der Waals surface area contributed by atoms with E-state index in [1.165, 1.54) is 0 Å². The zero-order chi connectivity index (χ0) is 10.4. The highest BCUT2D eigenvalue weighted by Crippen LogP contribution is 1.87. The van der Waals surface area contributed by atoms with Gasteiger partial charge in [-0.25, -0.2) is 0 Å². The third-order valence-corrected chi connectivity index (χ3v) is 0.697. The van der Waals surface area contributed by atoms with Crippen molar-refractivity contribution in [2.24, 2.45) is 0 Å². The number of hydrogen-bond donors (Lipinski definition) is 0. The lowest BCUT2D eigenvalue weighted by atomic mass is 10.4. The Labute approximate surface area is 71.1 Å². The summed E-state index contributed by atoms with van der Waals surface area (Å²) < 4.78 is 0.731. The van der Waals surface area contributed by atoms with Crippen LogP contribution in [0.3, 0.4) is 0 Å². The molecule has 6 nitrogen and oxygen atoms in total. The van der Waals surface area contributed by atoms with Gasteiger partial charge >= 0.3 is 0 Å². The molecule has 0 aliphatic heterocycles. The molecule has 0 aromatic carbocycles. The smallest absolute Gasteiger partial charge is 0.183 e. The summed E-state index contributed by atoms with van der Waals surface area (Å²) in [6.07, 6.45) is 0. The number of hydrogen-bond acceptors (Lipinski definition) is 4. The molecule has 0 aliphatic rings. The molecule has 72 valence electrons. The molecule has 6 heteroatoms. The highest BCUT2D eigenvalue weighted by molar-refractivity contribution is 5.76. The average molecular weight is 178 g/mol. The number of rotatable bonds is 2. The second kappa shape index (κ2) is 5.48. The number of ketones is 1. The van der Waals surface area contributed by atoms with Crippen molar-refractivity contribution in [2.75, 3.05) is 27.7 Å². The van der Waals surface area contributed by atoms with Crippen LogP contribution >= 0.6 is 0 Å². The fourth-order valence-corrected chi connectivity index (χ4v) is 0.668. The molecule has 0 radical (unpaired) electrons. The molecule has 0 saturated carbocycles. The Kier molecular flexibility index (Phi) is 6.13. The topological polar surface area (TPSA) is 83.3 Å². The highest BCUT2D eigenvalue weighted by Gasteiger charge is 2.08. The Morgan fingerprint density at radius 3 is 1.58 bits per heavy atom. The number of quaternary nitrogens is 1. The summed E-state index contributed by atoms with van der Waals surface area (Å²) in [4.78, 5) is 18.7. The lowest BCUT2D eigenvalue weighted by Gasteiger charge is -2.21. The normalized spacial score (nSPS) is 9.67. The van der Waals surface area contributed by atoms with E-state index in [9.17, 15) is 4.79 Å². The van der Waals surface area contributed by atoms with Crippen molar-refractivity contribution in [1.29, 1.82) is 0 Å². The molecule has 0 unspecified atom stereocenters. The van der Waals surface area contributed by atoms with E-state index in [-0.39, 0.29) is 5.78 Å². The molecule has 0 saturated heterocycles. The van der Waals surface area contributed by atoms with E-state index in [0.29, 0.717) is 6.54 Å². The van der Waals surface area contributed by atoms with E-state index in [2.05, 4.69) is 0 Å². The van der Waals surface area contributed by atoms with Crippen molar-refractivity contribution >= 4 is 5.78 Å². The quantitative estimate of drug-likeness (QED) is 0.339. The van der Waals surface area contributed by atoms with Crippen LogP contribution in [0.4, 0.5) is 0 Å². The minimum absolute atomic E-state index is 0.248. The summed E-state index contributed by atoms with van der Waals surface area (Å²) in [5, 5.41) is 14.8. The van der Waals surface area contributed by atoms with Crippen LogP contribution in [0.1, 0.15) is 6.92 Å². The molecule has 0 aromatic heterocycles. The number of Topliss-reactive ketones (excluding diaryl/α,β-unsaturated/α-hetero) is 1. The van der Waals surface area contributed by atoms with E-state index in [4.69, 9.17) is 15.3 Å². The second-order valence-corrected chi connectivity index (χ2v) is 3.37. The van der Waals surface area contributed by atoms with Gasteiger partial charge in [-0.3, -0.25) is 4.79 Å². The lowest BCUT2D eigenvalue weighted by Crippen LogP contribution is -2.38. The van der Waals surface area contributed by atoms with Crippen molar-refractivity contribution in [1.82, 2.24) is 0 Å². The van der Waals surface area contributed by atoms with Crippen LogP contribution in [-0.2, 0) is 4.79 Å². The van der Waals surface area contributed by atoms with Gasteiger partial charge in [0, 0.05) is 6.92 Å². The van der Waals surface area contributed by atoms with Gasteiger partial charge < -0.3 is 19.8 Å². The maximum atomic E-state index is 10.4. The van der Waals surface area contributed by atoms with E-state index < -0.39 is 5.09 Å². The molecular formula is C6H14N2O4. The van der Waals surface area contributed by atoms with Gasteiger partial charge in [0.05, 0.1) is 26.2 Å². The SMILES string of the molecule is CC(=O)C[N+](C)(C)C.O=[N+]([O-])[O-]. The molecule has 0 bridgehead atoms. The minimum Gasteiger partial charge on any atom is -0.356 e. The molecule has 12 heavy (non-hydrogen) atoms. The molecule has 0 atom stereocenters. The molecule has 0 heterocycles. The third kappa shape index (κ3) is 36.9. The van der Waals surface area contributed by atoms with E-state index in [1.54, 1.807) is 6.92 Å². The molecular weight excluding hydrogens is 164 g/mol. The number of nitrogens with zero attached hydrogens (tertiary/aromatic N) is 2. The molecule has 0 rings (SSSR count). The van der Waals surface area contributed by atoms with Gasteiger partial charge in [0.15, 0.2) is 5.78 Å². The van der Waals surface area contributed by atoms with Crippen molar-refractivity contribution in [3.8, 4) is 0 Å². The maximum Gasteiger partial charge on any atom is 0.183 e. The van der Waals surface area contributed by atoms with Crippen molar-refractivity contribution in [2.45, 2.75) is 6.92 Å². The molecule has 0 N–H and O–H groups in total. The van der Waals surface area contributed by atoms with Crippen molar-refractivity contribution in [3.63, 3.8) is 0 Å². The third-order valence-electron chi connectivity index (χ3n) is 0.697. The minimum atomic E-state index is -1.75. The fraction of sp³-hybridized carbons (Fsp3) is 0.833. The largest absolute Gasteiger partial charge is 0.356 e. The number of carbonyl (C=O) groups excluding carboxylic acids is 1. The van der Waals surface area contributed by atoms with Crippen molar-refractivity contribution < 1.29 is 14.4 Å². The van der Waals surface area contributed by atoms with Crippen LogP contribution in [0.2, 0.25) is 0 Å². The Balaban J connectivity index is 0. The Hall–Kier alpha value is -1.17. The first-order valence-corrected chi connectivity index (χ1v) is 3.26. The van der Waals surface area contributed by atoms with Crippen LogP contribution < -0.4 is 0 Å². The van der Waals surface area contributed by atoms with Crippen LogP contribution in [-0.4, -0.2) is 43.0 Å². The first-order valence-electron chi connectivity index (χ1n) is 3.26. The maximum absolute atomic E-state index is 10.4. The molecule has 0 aromatic rings. The van der Waals surface area contributed by atoms with Crippen molar-refractivity contribution in [3.05, 3.63) is 15.3 Å². The summed E-state index contributed by atoms with van der Waals surface area (Å²) in [6, 6.07) is 0.